The predicted molar refractivity (Wildman–Crippen MR) is 88.9 cm³/mol. The number of imide groups is 1. The van der Waals surface area contributed by atoms with Gasteiger partial charge in [0.05, 0.1) is 0 Å². The molecule has 4 amide bonds. The third-order valence-corrected chi connectivity index (χ3v) is 3.53. The van der Waals surface area contributed by atoms with Crippen LogP contribution in [0, 0.1) is 0 Å². The van der Waals surface area contributed by atoms with E-state index in [2.05, 4.69) is 24.1 Å². The largest absolute Gasteiger partial charge is 0.338 e. The molecule has 2 aliphatic rings. The van der Waals surface area contributed by atoms with Gasteiger partial charge in [0.15, 0.2) is 0 Å². The van der Waals surface area contributed by atoms with Gasteiger partial charge in [-0.2, -0.15) is 0 Å². The molecule has 0 bridgehead atoms. The SMILES string of the molecule is CCC.CCNC(=O)N1CCN(CCN2C(=O)C=CC2=O)CC1. The van der Waals surface area contributed by atoms with Gasteiger partial charge in [-0.1, -0.05) is 20.3 Å². The van der Waals surface area contributed by atoms with E-state index in [-0.39, 0.29) is 17.8 Å². The second-order valence-corrected chi connectivity index (χ2v) is 5.53. The Labute approximate surface area is 138 Å². The maximum absolute atomic E-state index is 11.6. The van der Waals surface area contributed by atoms with Crippen LogP contribution in [0.25, 0.3) is 0 Å². The van der Waals surface area contributed by atoms with Gasteiger partial charge in [0, 0.05) is 58.0 Å². The number of nitrogens with one attached hydrogen (secondary N) is 1. The summed E-state index contributed by atoms with van der Waals surface area (Å²) < 4.78 is 0. The maximum atomic E-state index is 11.6. The van der Waals surface area contributed by atoms with Gasteiger partial charge >= 0.3 is 6.03 Å². The van der Waals surface area contributed by atoms with Crippen molar-refractivity contribution < 1.29 is 14.4 Å². The molecule has 0 unspecified atom stereocenters. The van der Waals surface area contributed by atoms with Gasteiger partial charge in [0.25, 0.3) is 11.8 Å². The Balaban J connectivity index is 0.000000816. The number of amides is 4. The van der Waals surface area contributed by atoms with Crippen molar-refractivity contribution in [3.63, 3.8) is 0 Å². The average Bonchev–Trinajstić information content (AvgIpc) is 2.85. The van der Waals surface area contributed by atoms with Gasteiger partial charge in [0.1, 0.15) is 0 Å². The van der Waals surface area contributed by atoms with Gasteiger partial charge < -0.3 is 10.2 Å². The molecule has 0 aromatic heterocycles. The third-order valence-electron chi connectivity index (χ3n) is 3.53. The first-order chi connectivity index (χ1) is 11.0. The second-order valence-electron chi connectivity index (χ2n) is 5.53. The molecular weight excluding hydrogens is 296 g/mol. The summed E-state index contributed by atoms with van der Waals surface area (Å²) in [5.41, 5.74) is 0. The summed E-state index contributed by atoms with van der Waals surface area (Å²) in [4.78, 5) is 39.7. The maximum Gasteiger partial charge on any atom is 0.317 e. The van der Waals surface area contributed by atoms with E-state index in [0.717, 1.165) is 13.1 Å². The van der Waals surface area contributed by atoms with Crippen molar-refractivity contribution in [2.24, 2.45) is 0 Å². The Hall–Kier alpha value is -1.89. The molecule has 7 heteroatoms. The molecule has 0 spiro atoms. The van der Waals surface area contributed by atoms with Crippen LogP contribution in [0.4, 0.5) is 4.79 Å². The highest BCUT2D eigenvalue weighted by Crippen LogP contribution is 2.06. The van der Waals surface area contributed by atoms with E-state index in [4.69, 9.17) is 0 Å². The third kappa shape index (κ3) is 6.02. The van der Waals surface area contributed by atoms with Crippen LogP contribution in [-0.2, 0) is 9.59 Å². The minimum absolute atomic E-state index is 0.0266. The highest BCUT2D eigenvalue weighted by atomic mass is 16.2. The average molecular weight is 324 g/mol. The highest BCUT2D eigenvalue weighted by Gasteiger charge is 2.25. The van der Waals surface area contributed by atoms with Crippen molar-refractivity contribution in [3.05, 3.63) is 12.2 Å². The van der Waals surface area contributed by atoms with Crippen molar-refractivity contribution in [2.45, 2.75) is 27.2 Å². The Kier molecular flexibility index (Phi) is 8.32. The van der Waals surface area contributed by atoms with Gasteiger partial charge in [-0.25, -0.2) is 4.79 Å². The number of hydrogen-bond acceptors (Lipinski definition) is 4. The molecule has 0 aromatic carbocycles. The molecule has 1 saturated heterocycles. The molecule has 2 rings (SSSR count). The van der Waals surface area contributed by atoms with Gasteiger partial charge in [-0.05, 0) is 6.92 Å². The van der Waals surface area contributed by atoms with Crippen molar-refractivity contribution in [1.82, 2.24) is 20.0 Å². The summed E-state index contributed by atoms with van der Waals surface area (Å²) in [6, 6.07) is -0.0266. The first-order valence-corrected chi connectivity index (χ1v) is 8.32. The van der Waals surface area contributed by atoms with Crippen molar-refractivity contribution in [3.8, 4) is 0 Å². The van der Waals surface area contributed by atoms with E-state index < -0.39 is 0 Å². The molecule has 7 nitrogen and oxygen atoms in total. The van der Waals surface area contributed by atoms with Crippen LogP contribution < -0.4 is 5.32 Å². The lowest BCUT2D eigenvalue weighted by Crippen LogP contribution is -2.53. The van der Waals surface area contributed by atoms with Crippen molar-refractivity contribution in [2.75, 3.05) is 45.8 Å². The van der Waals surface area contributed by atoms with E-state index in [1.807, 2.05) is 6.92 Å². The first kappa shape index (κ1) is 19.2. The fourth-order valence-corrected chi connectivity index (χ4v) is 2.33. The molecule has 1 fully saturated rings. The first-order valence-electron chi connectivity index (χ1n) is 8.32. The minimum atomic E-state index is -0.240. The van der Waals surface area contributed by atoms with Crippen molar-refractivity contribution in [1.29, 1.82) is 0 Å². The zero-order valence-corrected chi connectivity index (χ0v) is 14.4. The molecule has 0 aromatic rings. The number of carbonyl (C=O) groups is 3. The van der Waals surface area contributed by atoms with Crippen LogP contribution >= 0.6 is 0 Å². The normalized spacial score (nSPS) is 18.0. The van der Waals surface area contributed by atoms with E-state index in [1.54, 1.807) is 4.90 Å². The Bertz CT molecular complexity index is 425. The fourth-order valence-electron chi connectivity index (χ4n) is 2.33. The number of urea groups is 1. The summed E-state index contributed by atoms with van der Waals surface area (Å²) in [6.45, 7) is 10.7. The zero-order valence-electron chi connectivity index (χ0n) is 14.4. The summed E-state index contributed by atoms with van der Waals surface area (Å²) in [5, 5.41) is 2.78. The van der Waals surface area contributed by atoms with Crippen LogP contribution in [0.15, 0.2) is 12.2 Å². The summed E-state index contributed by atoms with van der Waals surface area (Å²) in [5.74, 6) is -0.480. The van der Waals surface area contributed by atoms with Gasteiger partial charge in [-0.15, -0.1) is 0 Å². The second kappa shape index (κ2) is 9.99. The summed E-state index contributed by atoms with van der Waals surface area (Å²) >= 11 is 0. The Morgan fingerprint density at radius 2 is 1.52 bits per heavy atom. The molecule has 2 aliphatic heterocycles. The van der Waals surface area contributed by atoms with Gasteiger partial charge in [-0.3, -0.25) is 19.4 Å². The molecular formula is C16H28N4O3. The molecule has 0 saturated carbocycles. The Morgan fingerprint density at radius 3 is 2.00 bits per heavy atom. The molecule has 1 N–H and O–H groups in total. The predicted octanol–water partition coefficient (Wildman–Crippen LogP) is 0.675. The fraction of sp³-hybridized carbons (Fsp3) is 0.688. The number of rotatable bonds is 4. The molecule has 0 radical (unpaired) electrons. The summed E-state index contributed by atoms with van der Waals surface area (Å²) in [6.07, 6.45) is 3.85. The quantitative estimate of drug-likeness (QED) is 0.772. The van der Waals surface area contributed by atoms with E-state index in [1.165, 1.54) is 23.5 Å². The van der Waals surface area contributed by atoms with E-state index in [9.17, 15) is 14.4 Å². The van der Waals surface area contributed by atoms with Crippen LogP contribution in [0.3, 0.4) is 0 Å². The number of nitrogens with zero attached hydrogens (tertiary/aromatic N) is 3. The number of carbonyl (C=O) groups excluding carboxylic acids is 3. The monoisotopic (exact) mass is 324 g/mol. The zero-order chi connectivity index (χ0) is 17.2. The van der Waals surface area contributed by atoms with E-state index >= 15 is 0 Å². The van der Waals surface area contributed by atoms with Crippen molar-refractivity contribution >= 4 is 17.8 Å². The Morgan fingerprint density at radius 1 is 1.00 bits per heavy atom. The molecule has 0 atom stereocenters. The van der Waals surface area contributed by atoms with Crippen LogP contribution in [0.2, 0.25) is 0 Å². The standard InChI is InChI=1S/C13H20N4O3.C3H8/c1-2-14-13(20)16-8-5-15(6-9-16)7-10-17-11(18)3-4-12(17)19;1-3-2/h3-4H,2,5-10H2,1H3,(H,14,20);3H2,1-2H3. The summed E-state index contributed by atoms with van der Waals surface area (Å²) in [7, 11) is 0. The van der Waals surface area contributed by atoms with Crippen LogP contribution in [-0.4, -0.2) is 78.4 Å². The molecule has 2 heterocycles. The van der Waals surface area contributed by atoms with Gasteiger partial charge in [0.2, 0.25) is 0 Å². The lowest BCUT2D eigenvalue weighted by atomic mass is 10.3. The molecule has 0 aliphatic carbocycles. The van der Waals surface area contributed by atoms with Crippen LogP contribution in [0.1, 0.15) is 27.2 Å². The van der Waals surface area contributed by atoms with E-state index in [0.29, 0.717) is 32.7 Å². The number of hydrogen-bond donors (Lipinski definition) is 1. The number of piperazine rings is 1. The van der Waals surface area contributed by atoms with Crippen LogP contribution in [0.5, 0.6) is 0 Å². The highest BCUT2D eigenvalue weighted by molar-refractivity contribution is 6.12. The topological polar surface area (TPSA) is 73.0 Å². The smallest absolute Gasteiger partial charge is 0.317 e. The molecule has 23 heavy (non-hydrogen) atoms. The lowest BCUT2D eigenvalue weighted by Gasteiger charge is -2.35. The minimum Gasteiger partial charge on any atom is -0.338 e. The molecule has 130 valence electrons. The lowest BCUT2D eigenvalue weighted by molar-refractivity contribution is -0.137.